The van der Waals surface area contributed by atoms with Crippen LogP contribution in [0.2, 0.25) is 4.34 Å². The average Bonchev–Trinajstić information content (AvgIpc) is 3.40. The molecule has 17 heteroatoms. The molecule has 1 saturated heterocycles. The third kappa shape index (κ3) is 4.78. The molecule has 1 fully saturated rings. The number of halogens is 1. The molecule has 2 atom stereocenters. The highest BCUT2D eigenvalue weighted by Crippen LogP contribution is 2.44. The molecule has 2 aliphatic heterocycles. The van der Waals surface area contributed by atoms with Gasteiger partial charge in [-0.1, -0.05) is 51.2 Å². The summed E-state index contributed by atoms with van der Waals surface area (Å²) >= 11 is 9.55. The smallest absolute Gasteiger partial charge is 0.353 e. The minimum Gasteiger partial charge on any atom is -0.477 e. The van der Waals surface area contributed by atoms with Crippen molar-refractivity contribution in [3.63, 3.8) is 0 Å². The van der Waals surface area contributed by atoms with Crippen molar-refractivity contribution in [3.8, 4) is 0 Å². The minimum atomic E-state index is -1.24. The maximum Gasteiger partial charge on any atom is 0.353 e. The predicted molar refractivity (Wildman–Crippen MR) is 132 cm³/mol. The van der Waals surface area contributed by atoms with E-state index in [1.54, 1.807) is 4.90 Å². The number of β-lactam (4-membered cyclic amide) rings is 1. The number of carbonyl (C=O) groups is 3. The first kappa shape index (κ1) is 25.2. The Bertz CT molecular complexity index is 1260. The molecular weight excluding hydrogens is 540 g/mol. The molecule has 0 bridgehead atoms. The third-order valence-electron chi connectivity index (χ3n) is 5.09. The summed E-state index contributed by atoms with van der Waals surface area (Å²) in [5.41, 5.74) is 5.31. The molecular formula is C18H19ClN8O5S3. The molecule has 0 aromatic carbocycles. The van der Waals surface area contributed by atoms with Crippen LogP contribution in [0, 0.1) is 0 Å². The Hall–Kier alpha value is -2.95. The molecule has 4 rings (SSSR count). The number of nitrogen functional groups attached to an aromatic ring is 1. The molecule has 2 aromatic heterocycles. The summed E-state index contributed by atoms with van der Waals surface area (Å²) in [7, 11) is 4.90. The second-order valence-electron chi connectivity index (χ2n) is 7.49. The predicted octanol–water partition coefficient (Wildman–Crippen LogP) is 1.22. The van der Waals surface area contributed by atoms with Crippen LogP contribution in [0.15, 0.2) is 20.1 Å². The molecule has 0 spiro atoms. The van der Waals surface area contributed by atoms with E-state index in [4.69, 9.17) is 22.2 Å². The summed E-state index contributed by atoms with van der Waals surface area (Å²) < 4.78 is 0.707. The lowest BCUT2D eigenvalue weighted by Crippen LogP contribution is -2.72. The van der Waals surface area contributed by atoms with E-state index < -0.39 is 29.9 Å². The Morgan fingerprint density at radius 2 is 2.11 bits per heavy atom. The number of nitrogens with two attached hydrogens (primary N) is 1. The van der Waals surface area contributed by atoms with E-state index in [-0.39, 0.29) is 26.6 Å². The Labute approximate surface area is 216 Å². The summed E-state index contributed by atoms with van der Waals surface area (Å²) in [6.45, 7) is 0. The fourth-order valence-electron chi connectivity index (χ4n) is 3.61. The van der Waals surface area contributed by atoms with E-state index in [1.165, 1.54) is 35.1 Å². The Morgan fingerprint density at radius 3 is 2.69 bits per heavy atom. The van der Waals surface area contributed by atoms with Gasteiger partial charge in [0.1, 0.15) is 28.9 Å². The number of thiazole rings is 1. The molecule has 0 radical (unpaired) electrons. The largest absolute Gasteiger partial charge is 0.477 e. The number of nitrogens with one attached hydrogen (secondary N) is 1. The second kappa shape index (κ2) is 9.96. The van der Waals surface area contributed by atoms with Crippen molar-refractivity contribution in [1.82, 2.24) is 25.4 Å². The van der Waals surface area contributed by atoms with Crippen LogP contribution in [0.1, 0.15) is 18.5 Å². The first-order chi connectivity index (χ1) is 16.6. The molecule has 2 aliphatic rings. The van der Waals surface area contributed by atoms with Crippen LogP contribution >= 0.6 is 46.0 Å². The fourth-order valence-corrected chi connectivity index (χ4v) is 6.53. The molecule has 2 unspecified atom stereocenters. The molecule has 4 N–H and O–H groups in total. The van der Waals surface area contributed by atoms with Crippen LogP contribution in [0.5, 0.6) is 0 Å². The van der Waals surface area contributed by atoms with Crippen LogP contribution in [-0.2, 0) is 19.2 Å². The first-order valence-corrected chi connectivity index (χ1v) is 12.8. The number of carboxylic acid groups (broad SMARTS) is 1. The Balaban J connectivity index is 1.53. The van der Waals surface area contributed by atoms with Gasteiger partial charge in [0.25, 0.3) is 11.8 Å². The van der Waals surface area contributed by atoms with Gasteiger partial charge < -0.3 is 25.9 Å². The van der Waals surface area contributed by atoms with E-state index in [0.29, 0.717) is 27.2 Å². The topological polar surface area (TPSA) is 176 Å². The van der Waals surface area contributed by atoms with Gasteiger partial charge in [-0.25, -0.2) is 9.78 Å². The van der Waals surface area contributed by atoms with E-state index >= 15 is 0 Å². The lowest BCUT2D eigenvalue weighted by atomic mass is 9.86. The maximum absolute atomic E-state index is 13.0. The van der Waals surface area contributed by atoms with Gasteiger partial charge in [-0.2, -0.15) is 0 Å². The number of thioether (sulfide) groups is 1. The molecule has 35 heavy (non-hydrogen) atoms. The summed E-state index contributed by atoms with van der Waals surface area (Å²) in [5, 5.41) is 25.1. The number of carbonyl (C=O) groups excluding carboxylic acids is 2. The van der Waals surface area contributed by atoms with E-state index in [2.05, 4.69) is 25.7 Å². The molecule has 2 amide bonds. The van der Waals surface area contributed by atoms with Gasteiger partial charge in [0.15, 0.2) is 15.2 Å². The van der Waals surface area contributed by atoms with Crippen molar-refractivity contribution >= 4 is 79.8 Å². The Morgan fingerprint density at radius 1 is 1.37 bits per heavy atom. The zero-order chi connectivity index (χ0) is 25.4. The second-order valence-corrected chi connectivity index (χ2v) is 11.4. The van der Waals surface area contributed by atoms with Crippen molar-refractivity contribution in [2.75, 3.05) is 31.8 Å². The van der Waals surface area contributed by atoms with Gasteiger partial charge in [-0.3, -0.25) is 14.5 Å². The van der Waals surface area contributed by atoms with Gasteiger partial charge in [0.05, 0.1) is 6.04 Å². The van der Waals surface area contributed by atoms with Crippen molar-refractivity contribution in [2.45, 2.75) is 29.3 Å². The van der Waals surface area contributed by atoms with Gasteiger partial charge in [-0.05, 0) is 12.8 Å². The maximum atomic E-state index is 13.0. The highest BCUT2D eigenvalue weighted by atomic mass is 35.5. The highest BCUT2D eigenvalue weighted by molar-refractivity contribution is 8.04. The Kier molecular flexibility index (Phi) is 7.16. The van der Waals surface area contributed by atoms with E-state index in [0.717, 1.165) is 11.3 Å². The van der Waals surface area contributed by atoms with Gasteiger partial charge in [-0.15, -0.1) is 10.2 Å². The SMILES string of the molecule is CON=C(C(=O)NC1C(=O)N2C(C(=O)O)=C(Sc3nnc(N(C)C)s3)CCC12)c1nc(N)sc1Cl. The number of amides is 2. The molecule has 2 aromatic rings. The number of anilines is 2. The lowest BCUT2D eigenvalue weighted by molar-refractivity contribution is -0.155. The van der Waals surface area contributed by atoms with Gasteiger partial charge >= 0.3 is 5.97 Å². The highest BCUT2D eigenvalue weighted by Gasteiger charge is 2.54. The normalized spacial score (nSPS) is 19.8. The number of rotatable bonds is 8. The van der Waals surface area contributed by atoms with Crippen molar-refractivity contribution in [3.05, 3.63) is 20.6 Å². The number of hydrogen-bond acceptors (Lipinski definition) is 13. The number of aliphatic carboxylic acids is 1. The molecule has 0 saturated carbocycles. The van der Waals surface area contributed by atoms with Crippen molar-refractivity contribution in [2.24, 2.45) is 5.16 Å². The van der Waals surface area contributed by atoms with Crippen LogP contribution < -0.4 is 16.0 Å². The van der Waals surface area contributed by atoms with Crippen LogP contribution in [0.25, 0.3) is 0 Å². The summed E-state index contributed by atoms with van der Waals surface area (Å²) in [4.78, 5) is 50.2. The zero-order valence-electron chi connectivity index (χ0n) is 18.5. The molecule has 4 heterocycles. The minimum absolute atomic E-state index is 0.0275. The van der Waals surface area contributed by atoms with Gasteiger partial charge in [0.2, 0.25) is 5.13 Å². The average molecular weight is 559 g/mol. The first-order valence-electron chi connectivity index (χ1n) is 9.94. The van der Waals surface area contributed by atoms with E-state index in [1.807, 2.05) is 14.1 Å². The zero-order valence-corrected chi connectivity index (χ0v) is 21.7. The van der Waals surface area contributed by atoms with Crippen LogP contribution in [0.3, 0.4) is 0 Å². The lowest BCUT2D eigenvalue weighted by Gasteiger charge is -2.49. The van der Waals surface area contributed by atoms with Gasteiger partial charge in [0, 0.05) is 19.0 Å². The fraction of sp³-hybridized carbons (Fsp3) is 0.389. The number of hydrogen-bond donors (Lipinski definition) is 3. The summed E-state index contributed by atoms with van der Waals surface area (Å²) in [5.74, 6) is -2.53. The third-order valence-corrected chi connectivity index (χ3v) is 8.46. The van der Waals surface area contributed by atoms with Crippen LogP contribution in [-0.4, -0.2) is 82.0 Å². The monoisotopic (exact) mass is 558 g/mol. The molecule has 13 nitrogen and oxygen atoms in total. The summed E-state index contributed by atoms with van der Waals surface area (Å²) in [6.07, 6.45) is 0.827. The number of fused-ring (bicyclic) bond motifs is 1. The molecule has 186 valence electrons. The van der Waals surface area contributed by atoms with Crippen LogP contribution in [0.4, 0.5) is 10.3 Å². The summed E-state index contributed by atoms with van der Waals surface area (Å²) in [6, 6.07) is -1.48. The molecule has 0 aliphatic carbocycles. The van der Waals surface area contributed by atoms with Crippen molar-refractivity contribution < 1.29 is 24.3 Å². The van der Waals surface area contributed by atoms with E-state index in [9.17, 15) is 19.5 Å². The number of oxime groups is 1. The number of aromatic nitrogens is 3. The number of nitrogens with zero attached hydrogens (tertiary/aromatic N) is 6. The quantitative estimate of drug-likeness (QED) is 0.241. The standard InChI is InChI=1S/C18H19ClN8O5S3/c1-26(2)17-23-24-18(35-17)33-7-5-4-6-8(14(29)27(6)11(7)15(30)31)21-13(28)10(25-32-3)9-12(19)34-16(20)22-9/h6,8H,4-5H2,1-3H3,(H2,20,22)(H,21,28)(H,30,31). The number of carboxylic acids is 1. The van der Waals surface area contributed by atoms with Crippen molar-refractivity contribution in [1.29, 1.82) is 0 Å². The number of allylic oxidation sites excluding steroid dienone is 1.